The summed E-state index contributed by atoms with van der Waals surface area (Å²) in [6, 6.07) is 1.49. The first-order chi connectivity index (χ1) is 16.9. The average Bonchev–Trinajstić information content (AvgIpc) is 2.93. The van der Waals surface area contributed by atoms with Gasteiger partial charge in [-0.15, -0.1) is 0 Å². The first-order valence-electron chi connectivity index (χ1n) is 11.9. The molecule has 0 saturated carbocycles. The topological polar surface area (TPSA) is 96.9 Å². The molecule has 1 saturated heterocycles. The van der Waals surface area contributed by atoms with E-state index in [1.165, 1.54) is 0 Å². The summed E-state index contributed by atoms with van der Waals surface area (Å²) in [5, 5.41) is 3.39. The van der Waals surface area contributed by atoms with E-state index in [1.54, 1.807) is 16.0 Å². The van der Waals surface area contributed by atoms with E-state index in [2.05, 4.69) is 15.3 Å². The molecule has 2 aliphatic rings. The van der Waals surface area contributed by atoms with Crippen molar-refractivity contribution in [2.45, 2.75) is 59.1 Å². The maximum atomic E-state index is 13.9. The van der Waals surface area contributed by atoms with E-state index < -0.39 is 11.7 Å². The number of aromatic nitrogens is 2. The van der Waals surface area contributed by atoms with Crippen molar-refractivity contribution in [2.24, 2.45) is 0 Å². The zero-order valence-electron chi connectivity index (χ0n) is 21.3. The molecular formula is C25H31Cl2N5O4. The van der Waals surface area contributed by atoms with Crippen LogP contribution in [0.2, 0.25) is 10.2 Å². The first kappa shape index (κ1) is 26.3. The van der Waals surface area contributed by atoms with Crippen LogP contribution in [0.4, 0.5) is 16.3 Å². The van der Waals surface area contributed by atoms with Crippen LogP contribution in [0.3, 0.4) is 0 Å². The van der Waals surface area contributed by atoms with Crippen LogP contribution < -0.4 is 10.1 Å². The van der Waals surface area contributed by atoms with Crippen molar-refractivity contribution >= 4 is 46.7 Å². The number of ether oxygens (including phenoxy) is 2. The minimum absolute atomic E-state index is 0.0219. The molecule has 2 aromatic heterocycles. The molecule has 2 aromatic rings. The largest absolute Gasteiger partial charge is 0.489 e. The van der Waals surface area contributed by atoms with Crippen LogP contribution in [0.15, 0.2) is 12.3 Å². The first-order valence-corrected chi connectivity index (χ1v) is 12.7. The molecular weight excluding hydrogens is 505 g/mol. The van der Waals surface area contributed by atoms with Gasteiger partial charge in [0.15, 0.2) is 10.9 Å². The number of anilines is 2. The Balaban J connectivity index is 1.69. The Morgan fingerprint density at radius 2 is 2.00 bits per heavy atom. The molecule has 4 rings (SSSR count). The van der Waals surface area contributed by atoms with Gasteiger partial charge in [0.25, 0.3) is 5.91 Å². The quantitative estimate of drug-likeness (QED) is 0.524. The number of rotatable bonds is 3. The Kier molecular flexibility index (Phi) is 7.26. The summed E-state index contributed by atoms with van der Waals surface area (Å²) in [4.78, 5) is 38.7. The van der Waals surface area contributed by atoms with Crippen LogP contribution in [0.5, 0.6) is 5.75 Å². The molecule has 0 aliphatic carbocycles. The summed E-state index contributed by atoms with van der Waals surface area (Å²) in [7, 11) is 0. The second kappa shape index (κ2) is 9.94. The van der Waals surface area contributed by atoms with Gasteiger partial charge >= 0.3 is 6.09 Å². The van der Waals surface area contributed by atoms with Gasteiger partial charge in [-0.1, -0.05) is 37.0 Å². The molecule has 194 valence electrons. The molecule has 1 atom stereocenters. The third-order valence-corrected chi connectivity index (χ3v) is 6.78. The lowest BCUT2D eigenvalue weighted by Gasteiger charge is -2.40. The van der Waals surface area contributed by atoms with Gasteiger partial charge in [-0.2, -0.15) is 0 Å². The molecule has 0 unspecified atom stereocenters. The number of nitrogens with zero attached hydrogens (tertiary/aromatic N) is 4. The molecule has 1 fully saturated rings. The molecule has 11 heteroatoms. The maximum Gasteiger partial charge on any atom is 0.410 e. The Hall–Kier alpha value is -2.78. The predicted molar refractivity (Wildman–Crippen MR) is 139 cm³/mol. The van der Waals surface area contributed by atoms with E-state index in [0.717, 1.165) is 16.9 Å². The van der Waals surface area contributed by atoms with Crippen LogP contribution >= 0.6 is 23.2 Å². The number of amides is 2. The Morgan fingerprint density at radius 1 is 1.28 bits per heavy atom. The second-order valence-electron chi connectivity index (χ2n) is 10.3. The van der Waals surface area contributed by atoms with Crippen molar-refractivity contribution in [1.29, 1.82) is 0 Å². The summed E-state index contributed by atoms with van der Waals surface area (Å²) >= 11 is 12.8. The van der Waals surface area contributed by atoms with Gasteiger partial charge < -0.3 is 24.6 Å². The Bertz CT molecular complexity index is 1200. The maximum absolute atomic E-state index is 13.9. The van der Waals surface area contributed by atoms with Crippen molar-refractivity contribution in [1.82, 2.24) is 19.8 Å². The zero-order valence-corrected chi connectivity index (χ0v) is 22.8. The summed E-state index contributed by atoms with van der Waals surface area (Å²) < 4.78 is 11.6. The number of carbonyl (C=O) groups is 2. The summed E-state index contributed by atoms with van der Waals surface area (Å²) in [6.07, 6.45) is 1.33. The predicted octanol–water partition coefficient (Wildman–Crippen LogP) is 5.41. The van der Waals surface area contributed by atoms with E-state index >= 15 is 0 Å². The van der Waals surface area contributed by atoms with E-state index in [-0.39, 0.29) is 58.3 Å². The van der Waals surface area contributed by atoms with E-state index in [0.29, 0.717) is 13.1 Å². The Morgan fingerprint density at radius 3 is 2.67 bits per heavy atom. The highest BCUT2D eigenvalue weighted by Crippen LogP contribution is 2.42. The number of halogens is 2. The molecule has 4 heterocycles. The number of carbonyl (C=O) groups excluding carboxylic acids is 2. The van der Waals surface area contributed by atoms with Gasteiger partial charge in [0.1, 0.15) is 28.6 Å². The second-order valence-corrected chi connectivity index (χ2v) is 11.1. The van der Waals surface area contributed by atoms with E-state index in [1.807, 2.05) is 47.6 Å². The van der Waals surface area contributed by atoms with Gasteiger partial charge in [-0.3, -0.25) is 9.78 Å². The van der Waals surface area contributed by atoms with Gasteiger partial charge in [0.05, 0.1) is 17.4 Å². The number of hydrogen-bond donors (Lipinski definition) is 1. The van der Waals surface area contributed by atoms with Crippen molar-refractivity contribution in [3.63, 3.8) is 0 Å². The Labute approximate surface area is 221 Å². The van der Waals surface area contributed by atoms with Crippen molar-refractivity contribution in [3.05, 3.63) is 39.3 Å². The summed E-state index contributed by atoms with van der Waals surface area (Å²) in [5.41, 5.74) is 2.12. The van der Waals surface area contributed by atoms with Gasteiger partial charge in [-0.05, 0) is 45.2 Å². The number of aryl methyl sites for hydroxylation is 1. The van der Waals surface area contributed by atoms with Crippen LogP contribution in [0.1, 0.15) is 62.2 Å². The molecule has 36 heavy (non-hydrogen) atoms. The van der Waals surface area contributed by atoms with Crippen LogP contribution in [-0.2, 0) is 4.74 Å². The van der Waals surface area contributed by atoms with Crippen molar-refractivity contribution in [3.8, 4) is 5.75 Å². The average molecular weight is 536 g/mol. The molecule has 0 spiro atoms. The third kappa shape index (κ3) is 5.18. The van der Waals surface area contributed by atoms with Crippen LogP contribution in [0, 0.1) is 6.92 Å². The lowest BCUT2D eigenvalue weighted by molar-refractivity contribution is 0.000958. The minimum Gasteiger partial charge on any atom is -0.489 e. The fourth-order valence-electron chi connectivity index (χ4n) is 4.32. The number of hydrogen-bond acceptors (Lipinski definition) is 7. The number of nitrogens with one attached hydrogen (secondary N) is 1. The monoisotopic (exact) mass is 535 g/mol. The third-order valence-electron chi connectivity index (χ3n) is 6.06. The van der Waals surface area contributed by atoms with Crippen molar-refractivity contribution < 1.29 is 19.1 Å². The molecule has 0 aromatic carbocycles. The van der Waals surface area contributed by atoms with Gasteiger partial charge in [-0.25, -0.2) is 9.78 Å². The molecule has 9 nitrogen and oxygen atoms in total. The van der Waals surface area contributed by atoms with E-state index in [4.69, 9.17) is 32.7 Å². The number of fused-ring (bicyclic) bond motifs is 2. The minimum atomic E-state index is -0.615. The fourth-order valence-corrected chi connectivity index (χ4v) is 4.68. The fraction of sp³-hybridized carbons (Fsp3) is 0.520. The molecule has 0 bridgehead atoms. The highest BCUT2D eigenvalue weighted by atomic mass is 35.5. The van der Waals surface area contributed by atoms with Gasteiger partial charge in [0, 0.05) is 25.8 Å². The summed E-state index contributed by atoms with van der Waals surface area (Å²) in [5.74, 6) is 0.260. The smallest absolute Gasteiger partial charge is 0.410 e. The highest BCUT2D eigenvalue weighted by Gasteiger charge is 2.40. The zero-order chi connectivity index (χ0) is 26.4. The molecule has 2 aliphatic heterocycles. The lowest BCUT2D eigenvalue weighted by atomic mass is 10.0. The van der Waals surface area contributed by atoms with E-state index in [9.17, 15) is 9.59 Å². The molecule has 0 radical (unpaired) electrons. The lowest BCUT2D eigenvalue weighted by Crippen LogP contribution is -2.58. The van der Waals surface area contributed by atoms with Crippen molar-refractivity contribution in [2.75, 3.05) is 31.6 Å². The normalized spacial score (nSPS) is 17.8. The molecule has 2 amide bonds. The number of pyridine rings is 2. The van der Waals surface area contributed by atoms with Crippen LogP contribution in [0.25, 0.3) is 0 Å². The van der Waals surface area contributed by atoms with Gasteiger partial charge in [0.2, 0.25) is 0 Å². The number of piperazine rings is 1. The standard InChI is InChI=1S/C25H31Cl2N5O4/c1-13(2)18-19(14(3)7-8-28-18)29-22-16-20(17(26)21(27)30-22)35-12-15-11-31(9-10-32(15)23(16)33)24(34)36-25(4,5)6/h7-8,13,15H,9-12H2,1-6H3,(H,29,30)/t15-/m0/s1. The molecule has 1 N–H and O–H groups in total. The van der Waals surface area contributed by atoms with Crippen LogP contribution in [-0.4, -0.2) is 69.7 Å². The SMILES string of the molecule is Cc1ccnc(C(C)C)c1Nc1nc(Cl)c(Cl)c2c1C(=O)N1CCN(C(=O)OC(C)(C)C)C[C@H]1CO2. The summed E-state index contributed by atoms with van der Waals surface area (Å²) in [6.45, 7) is 12.6. The highest BCUT2D eigenvalue weighted by molar-refractivity contribution is 6.42.